The first-order chi connectivity index (χ1) is 33.1. The maximum atomic E-state index is 14.2. The highest BCUT2D eigenvalue weighted by atomic mass is 16.5. The molecule has 2 heterocycles. The van der Waals surface area contributed by atoms with Gasteiger partial charge in [-0.2, -0.15) is 0 Å². The first-order valence-corrected chi connectivity index (χ1v) is 23.2. The minimum Gasteiger partial charge on any atom is -0.506 e. The van der Waals surface area contributed by atoms with Crippen molar-refractivity contribution in [2.24, 2.45) is 5.92 Å². The Morgan fingerprint density at radius 1 is 0.779 bits per heavy atom. The molecule has 1 aliphatic heterocycles. The van der Waals surface area contributed by atoms with Gasteiger partial charge in [0.1, 0.15) is 18.1 Å². The van der Waals surface area contributed by atoms with Gasteiger partial charge < -0.3 is 40.0 Å². The summed E-state index contributed by atoms with van der Waals surface area (Å²) < 4.78 is 12.2. The number of ether oxygens (including phenoxy) is 2. The maximum absolute atomic E-state index is 14.2. The summed E-state index contributed by atoms with van der Waals surface area (Å²) in [6, 6.07) is 49.2. The maximum Gasteiger partial charge on any atom is 0.347 e. The number of carbonyl (C=O) groups is 2. The molecule has 1 saturated heterocycles. The molecule has 1 unspecified atom stereocenters. The van der Waals surface area contributed by atoms with E-state index in [-0.39, 0.29) is 48.4 Å². The Bertz CT molecular complexity index is 2820. The van der Waals surface area contributed by atoms with Crippen molar-refractivity contribution in [1.82, 2.24) is 20.1 Å². The number of hydrogen-bond donors (Lipinski definition) is 5. The second-order valence-corrected chi connectivity index (χ2v) is 17.5. The van der Waals surface area contributed by atoms with E-state index >= 15 is 0 Å². The zero-order chi connectivity index (χ0) is 47.3. The van der Waals surface area contributed by atoms with Crippen LogP contribution in [0.4, 0.5) is 0 Å². The fraction of sp³-hybridized carbons (Fsp3) is 0.268. The average molecular weight is 915 g/mol. The molecular formula is C56H58N4O8. The number of esters is 1. The smallest absolute Gasteiger partial charge is 0.347 e. The molecule has 0 aliphatic carbocycles. The molecule has 2 atom stereocenters. The molecule has 1 aliphatic rings. The molecule has 68 heavy (non-hydrogen) atoms. The van der Waals surface area contributed by atoms with E-state index in [1.165, 1.54) is 17.7 Å². The lowest BCUT2D eigenvalue weighted by atomic mass is 9.86. The number of pyridine rings is 1. The number of aromatic hydroxyl groups is 1. The quantitative estimate of drug-likeness (QED) is 0.0376. The van der Waals surface area contributed by atoms with Crippen molar-refractivity contribution in [3.8, 4) is 11.5 Å². The molecular weight excluding hydrogens is 857 g/mol. The monoisotopic (exact) mass is 914 g/mol. The van der Waals surface area contributed by atoms with Crippen LogP contribution in [-0.2, 0) is 34.8 Å². The summed E-state index contributed by atoms with van der Waals surface area (Å²) in [5.41, 5.74) is 2.65. The van der Waals surface area contributed by atoms with Crippen LogP contribution in [0.3, 0.4) is 0 Å². The normalized spacial score (nSPS) is 14.5. The van der Waals surface area contributed by atoms with Gasteiger partial charge in [0.15, 0.2) is 0 Å². The summed E-state index contributed by atoms with van der Waals surface area (Å²) in [4.78, 5) is 46.9. The number of likely N-dealkylation sites (tertiary alicyclic amines) is 1. The zero-order valence-electron chi connectivity index (χ0n) is 38.0. The molecule has 0 saturated carbocycles. The van der Waals surface area contributed by atoms with Crippen LogP contribution >= 0.6 is 0 Å². The van der Waals surface area contributed by atoms with Gasteiger partial charge in [0.25, 0.3) is 5.91 Å². The van der Waals surface area contributed by atoms with E-state index in [2.05, 4.69) is 39.5 Å². The van der Waals surface area contributed by atoms with E-state index in [1.807, 2.05) is 60.7 Å². The highest BCUT2D eigenvalue weighted by Gasteiger charge is 2.42. The Morgan fingerprint density at radius 2 is 1.46 bits per heavy atom. The molecule has 12 nitrogen and oxygen atoms in total. The van der Waals surface area contributed by atoms with Gasteiger partial charge >= 0.3 is 5.97 Å². The number of piperidine rings is 1. The lowest BCUT2D eigenvalue weighted by Gasteiger charge is -2.33. The lowest BCUT2D eigenvalue weighted by Crippen LogP contribution is -2.40. The standard InChI is InChI=1S/C56H58N4O8/c61-50-25-23-48(49-24-26-52(63)58-53(49)50)51(62)35-57-29-12-30-60(37-41-15-6-2-7-16-41)54(64)44-18-10-17-43(33-44)39-67-47-22-11-21-46(34-47)56(66,45-19-8-3-9-20-45)55(65)68-38-42-27-31-59(32-28-42)36-40-13-4-1-5-14-40/h1-11,13-26,33-34,42,51,57,61-62,66H,12,27-32,35-39H2,(H,58,63)/t51-,56?/m0/s1. The van der Waals surface area contributed by atoms with Gasteiger partial charge in [-0.15, -0.1) is 0 Å². The molecule has 350 valence electrons. The number of benzene rings is 6. The highest BCUT2D eigenvalue weighted by Crippen LogP contribution is 2.34. The van der Waals surface area contributed by atoms with Crippen molar-refractivity contribution in [1.29, 1.82) is 0 Å². The summed E-state index contributed by atoms with van der Waals surface area (Å²) in [6.07, 6.45) is 1.48. The highest BCUT2D eigenvalue weighted by molar-refractivity contribution is 5.94. The second kappa shape index (κ2) is 22.6. The first kappa shape index (κ1) is 47.4. The third kappa shape index (κ3) is 11.9. The summed E-state index contributed by atoms with van der Waals surface area (Å²) in [5.74, 6) is -0.338. The molecule has 0 spiro atoms. The van der Waals surface area contributed by atoms with Crippen LogP contribution < -0.4 is 15.6 Å². The molecule has 0 bridgehead atoms. The minimum absolute atomic E-state index is 0.0710. The van der Waals surface area contributed by atoms with Crippen LogP contribution in [0.5, 0.6) is 11.5 Å². The van der Waals surface area contributed by atoms with E-state index in [0.717, 1.165) is 43.6 Å². The van der Waals surface area contributed by atoms with Gasteiger partial charge in [0.2, 0.25) is 11.2 Å². The van der Waals surface area contributed by atoms with Crippen LogP contribution in [0.25, 0.3) is 10.9 Å². The van der Waals surface area contributed by atoms with E-state index in [9.17, 15) is 29.7 Å². The van der Waals surface area contributed by atoms with Gasteiger partial charge in [-0.1, -0.05) is 121 Å². The van der Waals surface area contributed by atoms with Gasteiger partial charge in [0.05, 0.1) is 18.2 Å². The summed E-state index contributed by atoms with van der Waals surface area (Å²) in [7, 11) is 0. The lowest BCUT2D eigenvalue weighted by molar-refractivity contribution is -0.164. The van der Waals surface area contributed by atoms with Crippen molar-refractivity contribution < 1.29 is 34.4 Å². The summed E-state index contributed by atoms with van der Waals surface area (Å²) in [6.45, 7) is 4.62. The number of H-pyrrole nitrogens is 1. The fourth-order valence-corrected chi connectivity index (χ4v) is 8.84. The van der Waals surface area contributed by atoms with E-state index in [0.29, 0.717) is 59.4 Å². The third-order valence-electron chi connectivity index (χ3n) is 12.6. The predicted molar refractivity (Wildman–Crippen MR) is 262 cm³/mol. The number of phenolic OH excluding ortho intramolecular Hbond substituents is 1. The first-order valence-electron chi connectivity index (χ1n) is 23.2. The predicted octanol–water partition coefficient (Wildman–Crippen LogP) is 7.86. The van der Waals surface area contributed by atoms with Crippen LogP contribution in [0.2, 0.25) is 0 Å². The van der Waals surface area contributed by atoms with Gasteiger partial charge in [-0.3, -0.25) is 14.5 Å². The topological polar surface area (TPSA) is 165 Å². The molecule has 0 radical (unpaired) electrons. The van der Waals surface area contributed by atoms with Crippen molar-refractivity contribution in [2.45, 2.75) is 50.7 Å². The second-order valence-electron chi connectivity index (χ2n) is 17.5. The number of rotatable bonds is 20. The Balaban J connectivity index is 0.886. The number of aliphatic hydroxyl groups is 2. The number of aromatic nitrogens is 1. The molecule has 12 heteroatoms. The summed E-state index contributed by atoms with van der Waals surface area (Å²) >= 11 is 0. The molecule has 7 aromatic rings. The zero-order valence-corrected chi connectivity index (χ0v) is 38.0. The molecule has 1 amide bonds. The van der Waals surface area contributed by atoms with Crippen LogP contribution in [-0.4, -0.2) is 81.3 Å². The Hall–Kier alpha value is -7.09. The van der Waals surface area contributed by atoms with Crippen molar-refractivity contribution in [3.63, 3.8) is 0 Å². The SMILES string of the molecule is O=C(c1cccc(COc2cccc(C(O)(C(=O)OCC3CCN(Cc4ccccc4)CC3)c3ccccc3)c2)c1)N(CCCNC[C@H](O)c1ccc(O)c2[nH]c(=O)ccc12)Cc1ccccc1. The number of amides is 1. The fourth-order valence-electron chi connectivity index (χ4n) is 8.84. The van der Waals surface area contributed by atoms with E-state index in [1.54, 1.807) is 71.6 Å². The van der Waals surface area contributed by atoms with Crippen LogP contribution in [0, 0.1) is 5.92 Å². The van der Waals surface area contributed by atoms with Crippen molar-refractivity contribution >= 4 is 22.8 Å². The van der Waals surface area contributed by atoms with Gasteiger partial charge in [-0.05, 0) is 109 Å². The molecule has 1 aromatic heterocycles. The number of nitrogens with one attached hydrogen (secondary N) is 2. The number of hydrogen-bond acceptors (Lipinski definition) is 10. The van der Waals surface area contributed by atoms with Crippen molar-refractivity contribution in [2.75, 3.05) is 39.3 Å². The molecule has 1 fully saturated rings. The number of aliphatic hydroxyl groups excluding tert-OH is 1. The molecule has 6 aromatic carbocycles. The number of fused-ring (bicyclic) bond motifs is 1. The van der Waals surface area contributed by atoms with Gasteiger partial charge in [0, 0.05) is 48.8 Å². The van der Waals surface area contributed by atoms with E-state index < -0.39 is 17.7 Å². The Labute approximate surface area is 396 Å². The number of carbonyl (C=O) groups excluding carboxylic acids is 2. The van der Waals surface area contributed by atoms with Crippen LogP contribution in [0.15, 0.2) is 169 Å². The average Bonchev–Trinajstić information content (AvgIpc) is 3.38. The molecule has 8 rings (SSSR count). The largest absolute Gasteiger partial charge is 0.506 e. The van der Waals surface area contributed by atoms with E-state index in [4.69, 9.17) is 9.47 Å². The van der Waals surface area contributed by atoms with Gasteiger partial charge in [-0.25, -0.2) is 4.79 Å². The Morgan fingerprint density at radius 3 is 2.21 bits per heavy atom. The Kier molecular flexibility index (Phi) is 15.8. The summed E-state index contributed by atoms with van der Waals surface area (Å²) in [5, 5.41) is 37.5. The molecule has 5 N–H and O–H groups in total. The third-order valence-corrected chi connectivity index (χ3v) is 12.6. The minimum atomic E-state index is -2.08. The number of phenols is 1. The number of aromatic amines is 1. The van der Waals surface area contributed by atoms with Crippen LogP contribution in [0.1, 0.15) is 69.1 Å². The van der Waals surface area contributed by atoms with Crippen molar-refractivity contribution in [3.05, 3.63) is 213 Å². The number of nitrogens with zero attached hydrogens (tertiary/aromatic N) is 2.